The number of benzene rings is 1. The smallest absolute Gasteiger partial charge is 0.308 e. The molecule has 0 heterocycles. The standard InChI is InChI=1S/C12H12O3/c1-3-4-12(14)10-5-7-11(8-6-10)15-9(2)13/h3-8H,1-2H3. The minimum absolute atomic E-state index is 0.0631. The lowest BCUT2D eigenvalue weighted by Crippen LogP contribution is -2.01. The highest BCUT2D eigenvalue weighted by Crippen LogP contribution is 2.12. The van der Waals surface area contributed by atoms with Crippen LogP contribution in [0.25, 0.3) is 0 Å². The summed E-state index contributed by atoms with van der Waals surface area (Å²) in [5.41, 5.74) is 0.573. The van der Waals surface area contributed by atoms with E-state index in [1.807, 2.05) is 0 Å². The lowest BCUT2D eigenvalue weighted by atomic mass is 10.1. The van der Waals surface area contributed by atoms with Gasteiger partial charge < -0.3 is 4.74 Å². The summed E-state index contributed by atoms with van der Waals surface area (Å²) in [6.07, 6.45) is 3.17. The molecule has 0 atom stereocenters. The Labute approximate surface area is 88.4 Å². The van der Waals surface area contributed by atoms with E-state index in [1.54, 1.807) is 37.3 Å². The van der Waals surface area contributed by atoms with Crippen LogP contribution in [0.5, 0.6) is 5.75 Å². The summed E-state index contributed by atoms with van der Waals surface area (Å²) in [4.78, 5) is 22.0. The molecule has 0 saturated heterocycles. The molecule has 0 saturated carbocycles. The van der Waals surface area contributed by atoms with Crippen LogP contribution in [0.2, 0.25) is 0 Å². The van der Waals surface area contributed by atoms with Crippen molar-refractivity contribution in [2.24, 2.45) is 0 Å². The third-order valence-corrected chi connectivity index (χ3v) is 1.72. The Kier molecular flexibility index (Phi) is 3.80. The largest absolute Gasteiger partial charge is 0.427 e. The maximum atomic E-state index is 11.4. The van der Waals surface area contributed by atoms with Gasteiger partial charge in [-0.3, -0.25) is 9.59 Å². The molecule has 0 aliphatic rings. The van der Waals surface area contributed by atoms with Gasteiger partial charge in [-0.1, -0.05) is 6.08 Å². The van der Waals surface area contributed by atoms with Crippen LogP contribution in [0, 0.1) is 0 Å². The van der Waals surface area contributed by atoms with Gasteiger partial charge in [-0.05, 0) is 37.3 Å². The molecule has 0 bridgehead atoms. The molecule has 3 heteroatoms. The predicted octanol–water partition coefficient (Wildman–Crippen LogP) is 2.37. The third-order valence-electron chi connectivity index (χ3n) is 1.72. The van der Waals surface area contributed by atoms with E-state index in [1.165, 1.54) is 13.0 Å². The second-order valence-corrected chi connectivity index (χ2v) is 2.98. The molecule has 0 amide bonds. The van der Waals surface area contributed by atoms with Crippen LogP contribution in [0.15, 0.2) is 36.4 Å². The number of hydrogen-bond donors (Lipinski definition) is 0. The molecular weight excluding hydrogens is 192 g/mol. The number of hydrogen-bond acceptors (Lipinski definition) is 3. The van der Waals surface area contributed by atoms with Gasteiger partial charge in [0.2, 0.25) is 0 Å². The van der Waals surface area contributed by atoms with Crippen molar-refractivity contribution in [1.29, 1.82) is 0 Å². The molecule has 0 aromatic heterocycles. The highest BCUT2D eigenvalue weighted by atomic mass is 16.5. The fourth-order valence-electron chi connectivity index (χ4n) is 1.10. The van der Waals surface area contributed by atoms with E-state index in [2.05, 4.69) is 0 Å². The van der Waals surface area contributed by atoms with E-state index in [0.29, 0.717) is 11.3 Å². The third kappa shape index (κ3) is 3.38. The Morgan fingerprint density at radius 2 is 1.80 bits per heavy atom. The zero-order chi connectivity index (χ0) is 11.3. The number of ether oxygens (including phenoxy) is 1. The molecule has 0 radical (unpaired) electrons. The second-order valence-electron chi connectivity index (χ2n) is 2.98. The van der Waals surface area contributed by atoms with Crippen molar-refractivity contribution in [1.82, 2.24) is 0 Å². The lowest BCUT2D eigenvalue weighted by Gasteiger charge is -2.01. The molecule has 1 aromatic carbocycles. The first kappa shape index (κ1) is 11.2. The number of esters is 1. The van der Waals surface area contributed by atoms with Gasteiger partial charge in [0.25, 0.3) is 0 Å². The number of carbonyl (C=O) groups excluding carboxylic acids is 2. The predicted molar refractivity (Wildman–Crippen MR) is 56.9 cm³/mol. The van der Waals surface area contributed by atoms with Crippen LogP contribution in [-0.4, -0.2) is 11.8 Å². The monoisotopic (exact) mass is 204 g/mol. The average molecular weight is 204 g/mol. The summed E-state index contributed by atoms with van der Waals surface area (Å²) < 4.78 is 4.84. The van der Waals surface area contributed by atoms with Crippen molar-refractivity contribution in [3.8, 4) is 5.75 Å². The molecule has 0 fully saturated rings. The Bertz CT molecular complexity index is 388. The quantitative estimate of drug-likeness (QED) is 0.328. The van der Waals surface area contributed by atoms with Crippen molar-refractivity contribution in [2.45, 2.75) is 13.8 Å². The number of allylic oxidation sites excluding steroid dienone is 2. The van der Waals surface area contributed by atoms with Gasteiger partial charge in [-0.2, -0.15) is 0 Å². The molecule has 0 unspecified atom stereocenters. The van der Waals surface area contributed by atoms with Crippen molar-refractivity contribution < 1.29 is 14.3 Å². The molecular formula is C12H12O3. The zero-order valence-electron chi connectivity index (χ0n) is 8.69. The van der Waals surface area contributed by atoms with Gasteiger partial charge in [0, 0.05) is 12.5 Å². The summed E-state index contributed by atoms with van der Waals surface area (Å²) >= 11 is 0. The highest BCUT2D eigenvalue weighted by Gasteiger charge is 2.02. The van der Waals surface area contributed by atoms with E-state index in [9.17, 15) is 9.59 Å². The van der Waals surface area contributed by atoms with Gasteiger partial charge >= 0.3 is 5.97 Å². The van der Waals surface area contributed by atoms with Crippen molar-refractivity contribution in [3.05, 3.63) is 42.0 Å². The van der Waals surface area contributed by atoms with Crippen LogP contribution in [0.4, 0.5) is 0 Å². The Morgan fingerprint density at radius 3 is 2.27 bits per heavy atom. The highest BCUT2D eigenvalue weighted by molar-refractivity contribution is 6.04. The first-order valence-electron chi connectivity index (χ1n) is 4.59. The van der Waals surface area contributed by atoms with Crippen LogP contribution in [0.3, 0.4) is 0 Å². The normalized spacial score (nSPS) is 10.3. The van der Waals surface area contributed by atoms with Crippen molar-refractivity contribution >= 4 is 11.8 Å². The Hall–Kier alpha value is -1.90. The molecule has 1 aromatic rings. The van der Waals surface area contributed by atoms with Gasteiger partial charge in [-0.15, -0.1) is 0 Å². The Balaban J connectivity index is 2.80. The summed E-state index contributed by atoms with van der Waals surface area (Å²) in [6, 6.07) is 6.44. The maximum absolute atomic E-state index is 11.4. The summed E-state index contributed by atoms with van der Waals surface area (Å²) in [6.45, 7) is 3.12. The van der Waals surface area contributed by atoms with Crippen LogP contribution < -0.4 is 4.74 Å². The molecule has 0 aliphatic carbocycles. The first-order chi connectivity index (χ1) is 7.13. The Morgan fingerprint density at radius 1 is 1.20 bits per heavy atom. The van der Waals surface area contributed by atoms with E-state index < -0.39 is 0 Å². The SMILES string of the molecule is CC=CC(=O)c1ccc(OC(C)=O)cc1. The van der Waals surface area contributed by atoms with Gasteiger partial charge in [-0.25, -0.2) is 0 Å². The van der Waals surface area contributed by atoms with Crippen LogP contribution in [0.1, 0.15) is 24.2 Å². The molecule has 78 valence electrons. The molecule has 1 rings (SSSR count). The van der Waals surface area contributed by atoms with Crippen molar-refractivity contribution in [3.63, 3.8) is 0 Å². The number of carbonyl (C=O) groups is 2. The van der Waals surface area contributed by atoms with E-state index in [4.69, 9.17) is 4.74 Å². The fourth-order valence-corrected chi connectivity index (χ4v) is 1.10. The summed E-state index contributed by atoms with van der Waals surface area (Å²) in [7, 11) is 0. The van der Waals surface area contributed by atoms with Gasteiger partial charge in [0.05, 0.1) is 0 Å². The lowest BCUT2D eigenvalue weighted by molar-refractivity contribution is -0.131. The van der Waals surface area contributed by atoms with E-state index >= 15 is 0 Å². The minimum Gasteiger partial charge on any atom is -0.427 e. The van der Waals surface area contributed by atoms with Crippen molar-refractivity contribution in [2.75, 3.05) is 0 Å². The molecule has 0 N–H and O–H groups in total. The maximum Gasteiger partial charge on any atom is 0.308 e. The van der Waals surface area contributed by atoms with Crippen LogP contribution in [-0.2, 0) is 4.79 Å². The molecule has 0 aliphatic heterocycles. The van der Waals surface area contributed by atoms with E-state index in [0.717, 1.165) is 0 Å². The fraction of sp³-hybridized carbons (Fsp3) is 0.167. The average Bonchev–Trinajstić information content (AvgIpc) is 2.18. The molecule has 0 spiro atoms. The summed E-state index contributed by atoms with van der Waals surface area (Å²) in [5.74, 6) is 0.00827. The molecule has 3 nitrogen and oxygen atoms in total. The minimum atomic E-state index is -0.373. The molecule has 15 heavy (non-hydrogen) atoms. The second kappa shape index (κ2) is 5.10. The van der Waals surface area contributed by atoms with Crippen LogP contribution >= 0.6 is 0 Å². The topological polar surface area (TPSA) is 43.4 Å². The van der Waals surface area contributed by atoms with E-state index in [-0.39, 0.29) is 11.8 Å². The summed E-state index contributed by atoms with van der Waals surface area (Å²) in [5, 5.41) is 0. The first-order valence-corrected chi connectivity index (χ1v) is 4.59. The number of rotatable bonds is 3. The zero-order valence-corrected chi connectivity index (χ0v) is 8.69. The van der Waals surface area contributed by atoms with Gasteiger partial charge in [0.15, 0.2) is 5.78 Å². The van der Waals surface area contributed by atoms with Gasteiger partial charge in [0.1, 0.15) is 5.75 Å². The number of ketones is 1.